The molecule has 0 spiro atoms. The van der Waals surface area contributed by atoms with Gasteiger partial charge in [-0.2, -0.15) is 0 Å². The zero-order chi connectivity index (χ0) is 18.2. The zero-order valence-corrected chi connectivity index (χ0v) is 13.6. The van der Waals surface area contributed by atoms with Crippen LogP contribution in [0.25, 0.3) is 0 Å². The van der Waals surface area contributed by atoms with Gasteiger partial charge >= 0.3 is 6.09 Å². The largest absolute Gasteiger partial charge is 0.450 e. The molecule has 1 heterocycles. The molecule has 1 aromatic heterocycles. The van der Waals surface area contributed by atoms with Crippen LogP contribution in [0.1, 0.15) is 23.0 Å². The number of rotatable bonds is 6. The minimum absolute atomic E-state index is 0.154. The fourth-order valence-corrected chi connectivity index (χ4v) is 2.00. The van der Waals surface area contributed by atoms with Crippen LogP contribution in [-0.2, 0) is 9.53 Å². The molecule has 0 aliphatic heterocycles. The third kappa shape index (κ3) is 4.85. The van der Waals surface area contributed by atoms with E-state index in [9.17, 15) is 14.4 Å². The number of aromatic nitrogens is 1. The standard InChI is InChI=1S/C17H18N4O4/c1-2-25-17(24)21-15(18)16(23)20-12-8-4-3-7-11(12)14(22)13-9-5-6-10-19-13/h3-10,15H,2,18H2,1H3,(H,20,23)(H,21,24). The lowest BCUT2D eigenvalue weighted by atomic mass is 10.1. The monoisotopic (exact) mass is 342 g/mol. The number of amides is 2. The molecule has 0 bridgehead atoms. The number of nitrogens with zero attached hydrogens (tertiary/aromatic N) is 1. The second-order valence-corrected chi connectivity index (χ2v) is 4.92. The van der Waals surface area contributed by atoms with Gasteiger partial charge in [0.2, 0.25) is 5.78 Å². The summed E-state index contributed by atoms with van der Waals surface area (Å²) in [5.74, 6) is -1.03. The SMILES string of the molecule is CCOC(=O)NC(N)C(=O)Nc1ccccc1C(=O)c1ccccn1. The molecule has 130 valence electrons. The molecule has 4 N–H and O–H groups in total. The topological polar surface area (TPSA) is 123 Å². The van der Waals surface area contributed by atoms with Crippen molar-refractivity contribution in [2.24, 2.45) is 5.73 Å². The highest BCUT2D eigenvalue weighted by Crippen LogP contribution is 2.18. The van der Waals surface area contributed by atoms with E-state index in [2.05, 4.69) is 20.4 Å². The smallest absolute Gasteiger partial charge is 0.408 e. The molecule has 0 saturated carbocycles. The highest BCUT2D eigenvalue weighted by molar-refractivity contribution is 6.13. The summed E-state index contributed by atoms with van der Waals surface area (Å²) >= 11 is 0. The van der Waals surface area contributed by atoms with Crippen molar-refractivity contribution < 1.29 is 19.1 Å². The summed E-state index contributed by atoms with van der Waals surface area (Å²) in [7, 11) is 0. The molecule has 8 nitrogen and oxygen atoms in total. The van der Waals surface area contributed by atoms with E-state index < -0.39 is 18.2 Å². The first-order chi connectivity index (χ1) is 12.0. The number of ketones is 1. The van der Waals surface area contributed by atoms with Gasteiger partial charge in [-0.25, -0.2) is 4.79 Å². The van der Waals surface area contributed by atoms with Crippen LogP contribution in [-0.4, -0.2) is 35.5 Å². The Balaban J connectivity index is 2.14. The zero-order valence-electron chi connectivity index (χ0n) is 13.6. The second kappa shape index (κ2) is 8.55. The van der Waals surface area contributed by atoms with E-state index in [1.165, 1.54) is 6.20 Å². The van der Waals surface area contributed by atoms with Gasteiger partial charge in [0.25, 0.3) is 5.91 Å². The molecule has 1 atom stereocenters. The summed E-state index contributed by atoms with van der Waals surface area (Å²) in [4.78, 5) is 40.0. The van der Waals surface area contributed by atoms with Gasteiger partial charge in [0.15, 0.2) is 6.17 Å². The molecule has 1 unspecified atom stereocenters. The lowest BCUT2D eigenvalue weighted by molar-refractivity contribution is -0.118. The summed E-state index contributed by atoms with van der Waals surface area (Å²) in [6.45, 7) is 1.78. The predicted molar refractivity (Wildman–Crippen MR) is 90.9 cm³/mol. The molecule has 0 aliphatic rings. The van der Waals surface area contributed by atoms with Gasteiger partial charge in [-0.15, -0.1) is 0 Å². The van der Waals surface area contributed by atoms with E-state index in [1.807, 2.05) is 0 Å². The minimum atomic E-state index is -1.32. The van der Waals surface area contributed by atoms with Crippen LogP contribution in [0.3, 0.4) is 0 Å². The fraction of sp³-hybridized carbons (Fsp3) is 0.176. The highest BCUT2D eigenvalue weighted by Gasteiger charge is 2.20. The molecule has 0 aliphatic carbocycles. The van der Waals surface area contributed by atoms with Crippen LogP contribution >= 0.6 is 0 Å². The van der Waals surface area contributed by atoms with Crippen molar-refractivity contribution in [1.82, 2.24) is 10.3 Å². The first kappa shape index (κ1) is 18.1. The number of alkyl carbamates (subject to hydrolysis) is 1. The number of hydrogen-bond donors (Lipinski definition) is 3. The highest BCUT2D eigenvalue weighted by atomic mass is 16.5. The number of benzene rings is 1. The predicted octanol–water partition coefficient (Wildman–Crippen LogP) is 1.28. The molecule has 2 amide bonds. The molecule has 1 aromatic carbocycles. The summed E-state index contributed by atoms with van der Waals surface area (Å²) in [5.41, 5.74) is 6.39. The third-order valence-electron chi connectivity index (χ3n) is 3.16. The Labute approximate surface area is 144 Å². The van der Waals surface area contributed by atoms with E-state index in [1.54, 1.807) is 49.4 Å². The molecular weight excluding hydrogens is 324 g/mol. The number of nitrogens with two attached hydrogens (primary N) is 1. The van der Waals surface area contributed by atoms with Crippen molar-refractivity contribution in [2.75, 3.05) is 11.9 Å². The normalized spacial score (nSPS) is 11.3. The summed E-state index contributed by atoms with van der Waals surface area (Å²) in [6.07, 6.45) is -0.617. The van der Waals surface area contributed by atoms with Gasteiger partial charge in [-0.3, -0.25) is 19.9 Å². The minimum Gasteiger partial charge on any atom is -0.450 e. The molecule has 0 saturated heterocycles. The Hall–Kier alpha value is -3.26. The lowest BCUT2D eigenvalue weighted by Crippen LogP contribution is -2.50. The van der Waals surface area contributed by atoms with Gasteiger partial charge < -0.3 is 15.8 Å². The number of ether oxygens (including phenoxy) is 1. The van der Waals surface area contributed by atoms with Crippen LogP contribution in [0, 0.1) is 0 Å². The van der Waals surface area contributed by atoms with Gasteiger partial charge in [0, 0.05) is 11.8 Å². The number of para-hydroxylation sites is 1. The maximum Gasteiger partial charge on any atom is 0.408 e. The van der Waals surface area contributed by atoms with Crippen LogP contribution in [0.2, 0.25) is 0 Å². The number of anilines is 1. The molecule has 25 heavy (non-hydrogen) atoms. The number of nitrogens with one attached hydrogen (secondary N) is 2. The Morgan fingerprint density at radius 2 is 1.88 bits per heavy atom. The first-order valence-electron chi connectivity index (χ1n) is 7.57. The van der Waals surface area contributed by atoms with Crippen LogP contribution in [0.15, 0.2) is 48.7 Å². The molecular formula is C17H18N4O4. The molecule has 0 fully saturated rings. The Morgan fingerprint density at radius 3 is 2.56 bits per heavy atom. The summed E-state index contributed by atoms with van der Waals surface area (Å²) in [5, 5.41) is 4.71. The maximum absolute atomic E-state index is 12.5. The van der Waals surface area contributed by atoms with Gasteiger partial charge in [-0.1, -0.05) is 18.2 Å². The third-order valence-corrected chi connectivity index (χ3v) is 3.16. The van der Waals surface area contributed by atoms with E-state index in [-0.39, 0.29) is 29.3 Å². The molecule has 2 rings (SSSR count). The van der Waals surface area contributed by atoms with Crippen LogP contribution in [0.5, 0.6) is 0 Å². The number of carbonyl (C=O) groups excluding carboxylic acids is 3. The van der Waals surface area contributed by atoms with Crippen molar-refractivity contribution in [3.8, 4) is 0 Å². The average Bonchev–Trinajstić information content (AvgIpc) is 2.62. The molecule has 2 aromatic rings. The molecule has 8 heteroatoms. The van der Waals surface area contributed by atoms with Crippen molar-refractivity contribution in [3.05, 3.63) is 59.9 Å². The van der Waals surface area contributed by atoms with Crippen LogP contribution in [0.4, 0.5) is 10.5 Å². The van der Waals surface area contributed by atoms with Crippen LogP contribution < -0.4 is 16.4 Å². The van der Waals surface area contributed by atoms with Crippen molar-refractivity contribution in [3.63, 3.8) is 0 Å². The van der Waals surface area contributed by atoms with Crippen molar-refractivity contribution >= 4 is 23.5 Å². The van der Waals surface area contributed by atoms with E-state index in [4.69, 9.17) is 5.73 Å². The average molecular weight is 342 g/mol. The first-order valence-corrected chi connectivity index (χ1v) is 7.57. The van der Waals surface area contributed by atoms with Crippen molar-refractivity contribution in [2.45, 2.75) is 13.1 Å². The van der Waals surface area contributed by atoms with Gasteiger partial charge in [0.1, 0.15) is 5.69 Å². The Bertz CT molecular complexity index is 764. The van der Waals surface area contributed by atoms with Gasteiger partial charge in [-0.05, 0) is 31.2 Å². The summed E-state index contributed by atoms with van der Waals surface area (Å²) in [6, 6.07) is 11.4. The Morgan fingerprint density at radius 1 is 1.16 bits per heavy atom. The van der Waals surface area contributed by atoms with E-state index in [0.717, 1.165) is 0 Å². The number of hydrogen-bond acceptors (Lipinski definition) is 6. The van der Waals surface area contributed by atoms with Crippen molar-refractivity contribution in [1.29, 1.82) is 0 Å². The summed E-state index contributed by atoms with van der Waals surface area (Å²) < 4.78 is 4.66. The maximum atomic E-state index is 12.5. The Kier molecular flexibility index (Phi) is 6.19. The quantitative estimate of drug-likeness (QED) is 0.537. The fourth-order valence-electron chi connectivity index (χ4n) is 2.00. The lowest BCUT2D eigenvalue weighted by Gasteiger charge is -2.15. The van der Waals surface area contributed by atoms with E-state index in [0.29, 0.717) is 0 Å². The number of pyridine rings is 1. The number of carbonyl (C=O) groups is 3. The van der Waals surface area contributed by atoms with E-state index >= 15 is 0 Å². The van der Waals surface area contributed by atoms with Gasteiger partial charge in [0.05, 0.1) is 12.3 Å². The molecule has 0 radical (unpaired) electrons. The second-order valence-electron chi connectivity index (χ2n) is 4.92.